The van der Waals surface area contributed by atoms with Crippen molar-refractivity contribution in [3.05, 3.63) is 11.6 Å². The number of nitrogens with zero attached hydrogens (tertiary/aromatic N) is 2. The Balaban J connectivity index is 3.16. The molecular weight excluding hydrogens is 406 g/mol. The third-order valence-corrected chi connectivity index (χ3v) is 6.51. The smallest absolute Gasteiger partial charge is 0.333 e. The number of likely N-dealkylation sites (N-methyl/N-ethyl adjacent to an activating group) is 2. The largest absolute Gasteiger partial charge is 0.463 e. The lowest BCUT2D eigenvalue weighted by Crippen LogP contribution is -2.59. The molecule has 1 N–H and O–H groups in total. The number of likely N-dealkylation sites (tertiary alicyclic amines) is 1. The summed E-state index contributed by atoms with van der Waals surface area (Å²) in [6.07, 6.45) is 5.58. The number of esters is 1. The van der Waals surface area contributed by atoms with E-state index >= 15 is 0 Å². The van der Waals surface area contributed by atoms with E-state index in [9.17, 15) is 14.4 Å². The number of piperidine rings is 1. The summed E-state index contributed by atoms with van der Waals surface area (Å²) in [4.78, 5) is 42.7. The van der Waals surface area contributed by atoms with Crippen LogP contribution < -0.4 is 5.32 Å². The Kier molecular flexibility index (Phi) is 10.9. The first-order valence-electron chi connectivity index (χ1n) is 12.0. The van der Waals surface area contributed by atoms with Gasteiger partial charge in [0.25, 0.3) is 0 Å². The molecule has 1 fully saturated rings. The van der Waals surface area contributed by atoms with E-state index in [-0.39, 0.29) is 35.8 Å². The van der Waals surface area contributed by atoms with Crippen LogP contribution in [0.25, 0.3) is 0 Å². The quantitative estimate of drug-likeness (QED) is 0.429. The van der Waals surface area contributed by atoms with Crippen molar-refractivity contribution in [2.24, 2.45) is 11.3 Å². The van der Waals surface area contributed by atoms with Crippen molar-refractivity contribution in [1.82, 2.24) is 15.1 Å². The number of nitrogens with one attached hydrogen (secondary N) is 1. The molecular formula is C25H45N3O4. The number of ether oxygens (including phenoxy) is 1. The SMILES string of the molecule is CCOC(=O)/C(C)=C/[C@H](C(C)CC)N(C)C(=O)[C@@H](NC(=O)C1CCCCN1C)C(C)(C)C. The Morgan fingerprint density at radius 3 is 2.34 bits per heavy atom. The van der Waals surface area contributed by atoms with Crippen LogP contribution in [0, 0.1) is 11.3 Å². The first-order chi connectivity index (χ1) is 14.8. The molecule has 7 nitrogen and oxygen atoms in total. The summed E-state index contributed by atoms with van der Waals surface area (Å²) in [5, 5.41) is 3.06. The van der Waals surface area contributed by atoms with Crippen molar-refractivity contribution < 1.29 is 19.1 Å². The van der Waals surface area contributed by atoms with Gasteiger partial charge in [-0.2, -0.15) is 0 Å². The zero-order valence-corrected chi connectivity index (χ0v) is 21.7. The average Bonchev–Trinajstić information content (AvgIpc) is 2.73. The van der Waals surface area contributed by atoms with Gasteiger partial charge in [0.1, 0.15) is 6.04 Å². The molecule has 2 amide bonds. The summed E-state index contributed by atoms with van der Waals surface area (Å²) < 4.78 is 5.12. The lowest BCUT2D eigenvalue weighted by molar-refractivity contribution is -0.142. The van der Waals surface area contributed by atoms with E-state index in [1.807, 2.05) is 33.9 Å². The predicted molar refractivity (Wildman–Crippen MR) is 128 cm³/mol. The minimum absolute atomic E-state index is 0.0905. The van der Waals surface area contributed by atoms with Crippen molar-refractivity contribution in [1.29, 1.82) is 0 Å². The number of rotatable bonds is 9. The van der Waals surface area contributed by atoms with E-state index in [0.29, 0.717) is 12.2 Å². The minimum atomic E-state index is -0.668. The van der Waals surface area contributed by atoms with Gasteiger partial charge in [-0.1, -0.05) is 53.5 Å². The second kappa shape index (κ2) is 12.4. The fourth-order valence-corrected chi connectivity index (χ4v) is 4.11. The van der Waals surface area contributed by atoms with E-state index < -0.39 is 11.5 Å². The highest BCUT2D eigenvalue weighted by Gasteiger charge is 2.39. The van der Waals surface area contributed by atoms with Crippen molar-refractivity contribution in [3.63, 3.8) is 0 Å². The molecule has 1 saturated heterocycles. The molecule has 0 aromatic carbocycles. The molecule has 0 bridgehead atoms. The van der Waals surface area contributed by atoms with Gasteiger partial charge >= 0.3 is 5.97 Å². The fourth-order valence-electron chi connectivity index (χ4n) is 4.11. The van der Waals surface area contributed by atoms with Crippen molar-refractivity contribution in [2.45, 2.75) is 92.3 Å². The van der Waals surface area contributed by atoms with E-state index in [2.05, 4.69) is 24.1 Å². The number of hydrogen-bond donors (Lipinski definition) is 1. The van der Waals surface area contributed by atoms with Gasteiger partial charge in [-0.15, -0.1) is 0 Å². The standard InChI is InChI=1S/C25H45N3O4/c1-10-17(3)20(16-18(4)24(31)32-11-2)28(9)23(30)21(25(5,6)7)26-22(29)19-14-12-13-15-27(19)8/h16-17,19-21H,10-15H2,1-9H3,(H,26,29)/b18-16+/t17?,19?,20-,21-/m1/s1. The van der Waals surface area contributed by atoms with Gasteiger partial charge in [-0.3, -0.25) is 14.5 Å². The highest BCUT2D eigenvalue weighted by molar-refractivity contribution is 5.91. The molecule has 0 spiro atoms. The molecule has 32 heavy (non-hydrogen) atoms. The summed E-state index contributed by atoms with van der Waals surface area (Å²) in [5.41, 5.74) is 0.0192. The van der Waals surface area contributed by atoms with Crippen LogP contribution in [0.2, 0.25) is 0 Å². The maximum atomic E-state index is 13.7. The second-order valence-corrected chi connectivity index (χ2v) is 10.2. The molecule has 1 aliphatic heterocycles. The summed E-state index contributed by atoms with van der Waals surface area (Å²) in [5.74, 6) is -0.480. The highest BCUT2D eigenvalue weighted by atomic mass is 16.5. The van der Waals surface area contributed by atoms with Crippen LogP contribution in [-0.4, -0.2) is 73.0 Å². The molecule has 184 valence electrons. The van der Waals surface area contributed by atoms with Gasteiger partial charge in [0.05, 0.1) is 18.7 Å². The Bertz CT molecular complexity index is 683. The average molecular weight is 452 g/mol. The molecule has 0 aliphatic carbocycles. The van der Waals surface area contributed by atoms with Gasteiger partial charge in [0.2, 0.25) is 11.8 Å². The zero-order valence-electron chi connectivity index (χ0n) is 21.7. The van der Waals surface area contributed by atoms with Crippen LogP contribution in [0.1, 0.15) is 74.1 Å². The maximum absolute atomic E-state index is 13.7. The Labute approximate surface area is 194 Å². The molecule has 0 radical (unpaired) electrons. The van der Waals surface area contributed by atoms with E-state index in [1.54, 1.807) is 25.8 Å². The van der Waals surface area contributed by atoms with Crippen LogP contribution in [-0.2, 0) is 19.1 Å². The Morgan fingerprint density at radius 1 is 1.22 bits per heavy atom. The third-order valence-electron chi connectivity index (χ3n) is 6.51. The Hall–Kier alpha value is -1.89. The highest BCUT2D eigenvalue weighted by Crippen LogP contribution is 2.25. The van der Waals surface area contributed by atoms with Crippen LogP contribution in [0.4, 0.5) is 0 Å². The van der Waals surface area contributed by atoms with E-state index in [0.717, 1.165) is 32.2 Å². The number of hydrogen-bond acceptors (Lipinski definition) is 5. The molecule has 2 unspecified atom stereocenters. The summed E-state index contributed by atoms with van der Waals surface area (Å²) in [7, 11) is 3.72. The van der Waals surface area contributed by atoms with Gasteiger partial charge in [0.15, 0.2) is 0 Å². The van der Waals surface area contributed by atoms with Gasteiger partial charge in [0, 0.05) is 12.6 Å². The molecule has 4 atom stereocenters. The van der Waals surface area contributed by atoms with Crippen LogP contribution in [0.15, 0.2) is 11.6 Å². The zero-order chi connectivity index (χ0) is 24.6. The van der Waals surface area contributed by atoms with Gasteiger partial charge in [-0.05, 0) is 51.6 Å². The first-order valence-corrected chi connectivity index (χ1v) is 12.0. The summed E-state index contributed by atoms with van der Waals surface area (Å²) in [6.45, 7) is 14.7. The van der Waals surface area contributed by atoms with Crippen LogP contribution >= 0.6 is 0 Å². The van der Waals surface area contributed by atoms with Gasteiger partial charge < -0.3 is 15.0 Å². The molecule has 7 heteroatoms. The minimum Gasteiger partial charge on any atom is -0.463 e. The number of carbonyl (C=O) groups is 3. The van der Waals surface area contributed by atoms with Crippen molar-refractivity contribution in [3.8, 4) is 0 Å². The molecule has 0 saturated carbocycles. The molecule has 1 rings (SSSR count). The monoisotopic (exact) mass is 451 g/mol. The molecule has 0 aromatic rings. The lowest BCUT2D eigenvalue weighted by Gasteiger charge is -2.39. The molecule has 0 aromatic heterocycles. The van der Waals surface area contributed by atoms with Crippen LogP contribution in [0.3, 0.4) is 0 Å². The fraction of sp³-hybridized carbons (Fsp3) is 0.800. The van der Waals surface area contributed by atoms with E-state index in [4.69, 9.17) is 4.74 Å². The summed E-state index contributed by atoms with van der Waals surface area (Å²) in [6, 6.07) is -1.16. The lowest BCUT2D eigenvalue weighted by atomic mass is 9.84. The number of amides is 2. The predicted octanol–water partition coefficient (Wildman–Crippen LogP) is 3.38. The van der Waals surface area contributed by atoms with Crippen LogP contribution in [0.5, 0.6) is 0 Å². The third kappa shape index (κ3) is 7.61. The Morgan fingerprint density at radius 2 is 1.84 bits per heavy atom. The number of carbonyl (C=O) groups excluding carboxylic acids is 3. The second-order valence-electron chi connectivity index (χ2n) is 10.2. The van der Waals surface area contributed by atoms with Crippen molar-refractivity contribution in [2.75, 3.05) is 27.2 Å². The van der Waals surface area contributed by atoms with Crippen molar-refractivity contribution >= 4 is 17.8 Å². The first kappa shape index (κ1) is 28.1. The normalized spacial score (nSPS) is 20.8. The molecule has 1 heterocycles. The summed E-state index contributed by atoms with van der Waals surface area (Å²) >= 11 is 0. The topological polar surface area (TPSA) is 79.0 Å². The molecule has 1 aliphatic rings. The van der Waals surface area contributed by atoms with Gasteiger partial charge in [-0.25, -0.2) is 4.79 Å². The maximum Gasteiger partial charge on any atom is 0.333 e. The van der Waals surface area contributed by atoms with E-state index in [1.165, 1.54) is 0 Å².